The van der Waals surface area contributed by atoms with Gasteiger partial charge in [0.25, 0.3) is 11.5 Å². The highest BCUT2D eigenvalue weighted by atomic mass is 16.2. The molecule has 33 heavy (non-hydrogen) atoms. The van der Waals surface area contributed by atoms with E-state index in [4.69, 9.17) is 0 Å². The lowest BCUT2D eigenvalue weighted by Gasteiger charge is -2.23. The molecule has 1 aromatic heterocycles. The first kappa shape index (κ1) is 22.2. The Morgan fingerprint density at radius 1 is 1.06 bits per heavy atom. The van der Waals surface area contributed by atoms with Gasteiger partial charge in [0.05, 0.1) is 17.4 Å². The quantitative estimate of drug-likeness (QED) is 0.536. The van der Waals surface area contributed by atoms with Crippen molar-refractivity contribution >= 4 is 28.7 Å². The normalized spacial score (nSPS) is 17.9. The summed E-state index contributed by atoms with van der Waals surface area (Å²) < 4.78 is 0. The van der Waals surface area contributed by atoms with E-state index in [1.165, 1.54) is 11.9 Å². The van der Waals surface area contributed by atoms with E-state index in [2.05, 4.69) is 15.3 Å². The Morgan fingerprint density at radius 2 is 1.76 bits per heavy atom. The SMILES string of the molecule is CN(Cc1nc2ccccc2c(=O)[nH]1)C(=O)CN1C(=O)N[C@](C)(CCc2ccccc2)C1=O. The van der Waals surface area contributed by atoms with Crippen LogP contribution in [-0.2, 0) is 22.6 Å². The number of para-hydroxylation sites is 1. The van der Waals surface area contributed by atoms with Crippen LogP contribution in [0.4, 0.5) is 4.79 Å². The van der Waals surface area contributed by atoms with Gasteiger partial charge in [0.2, 0.25) is 5.91 Å². The van der Waals surface area contributed by atoms with Gasteiger partial charge in [-0.05, 0) is 37.5 Å². The molecule has 1 atom stereocenters. The Morgan fingerprint density at radius 3 is 2.52 bits per heavy atom. The zero-order valence-electron chi connectivity index (χ0n) is 18.5. The van der Waals surface area contributed by atoms with Crippen LogP contribution in [0.3, 0.4) is 0 Å². The number of hydrogen-bond donors (Lipinski definition) is 2. The molecule has 4 amide bonds. The van der Waals surface area contributed by atoms with E-state index >= 15 is 0 Å². The standard InChI is InChI=1S/C24H25N5O4/c1-24(13-12-16-8-4-3-5-9-16)22(32)29(23(33)27-24)15-20(30)28(2)14-19-25-18-11-7-6-10-17(18)21(31)26-19/h3-11H,12-15H2,1-2H3,(H,27,33)(H,25,26,31)/t24-/m1/s1. The van der Waals surface area contributed by atoms with Gasteiger partial charge in [0.1, 0.15) is 17.9 Å². The maximum absolute atomic E-state index is 13.0. The molecule has 0 saturated carbocycles. The van der Waals surface area contributed by atoms with E-state index in [-0.39, 0.29) is 18.6 Å². The van der Waals surface area contributed by atoms with E-state index in [0.717, 1.165) is 10.5 Å². The molecule has 1 aliphatic heterocycles. The molecule has 4 rings (SSSR count). The fraction of sp³-hybridized carbons (Fsp3) is 0.292. The fourth-order valence-electron chi connectivity index (χ4n) is 3.88. The molecule has 2 aromatic carbocycles. The number of aryl methyl sites for hydroxylation is 1. The molecule has 9 nitrogen and oxygen atoms in total. The Hall–Kier alpha value is -4.01. The number of nitrogens with one attached hydrogen (secondary N) is 2. The van der Waals surface area contributed by atoms with Crippen molar-refractivity contribution in [3.8, 4) is 0 Å². The van der Waals surface area contributed by atoms with Crippen molar-refractivity contribution in [1.29, 1.82) is 0 Å². The number of amides is 4. The summed E-state index contributed by atoms with van der Waals surface area (Å²) in [5.41, 5.74) is 0.226. The monoisotopic (exact) mass is 447 g/mol. The number of hydrogen-bond acceptors (Lipinski definition) is 5. The minimum Gasteiger partial charge on any atom is -0.337 e. The van der Waals surface area contributed by atoms with Gasteiger partial charge in [-0.15, -0.1) is 0 Å². The summed E-state index contributed by atoms with van der Waals surface area (Å²) in [5, 5.41) is 3.19. The lowest BCUT2D eigenvalue weighted by Crippen LogP contribution is -2.45. The second kappa shape index (κ2) is 8.85. The average molecular weight is 447 g/mol. The van der Waals surface area contributed by atoms with Crippen LogP contribution in [0.25, 0.3) is 10.9 Å². The highest BCUT2D eigenvalue weighted by Crippen LogP contribution is 2.23. The topological polar surface area (TPSA) is 115 Å². The van der Waals surface area contributed by atoms with E-state index < -0.39 is 23.4 Å². The zero-order valence-corrected chi connectivity index (χ0v) is 18.5. The lowest BCUT2D eigenvalue weighted by molar-refractivity contribution is -0.138. The van der Waals surface area contributed by atoms with Gasteiger partial charge in [-0.2, -0.15) is 0 Å². The van der Waals surface area contributed by atoms with Gasteiger partial charge in [-0.3, -0.25) is 19.3 Å². The second-order valence-electron chi connectivity index (χ2n) is 8.42. The van der Waals surface area contributed by atoms with E-state index in [0.29, 0.717) is 29.6 Å². The van der Waals surface area contributed by atoms with Gasteiger partial charge < -0.3 is 15.2 Å². The molecule has 0 bridgehead atoms. The Kier molecular flexibility index (Phi) is 5.95. The minimum atomic E-state index is -1.07. The average Bonchev–Trinajstić information content (AvgIpc) is 3.01. The molecular weight excluding hydrogens is 422 g/mol. The van der Waals surface area contributed by atoms with Gasteiger partial charge in [0.15, 0.2) is 0 Å². The third-order valence-electron chi connectivity index (χ3n) is 5.87. The van der Waals surface area contributed by atoms with Crippen LogP contribution >= 0.6 is 0 Å². The van der Waals surface area contributed by atoms with Crippen molar-refractivity contribution in [3.63, 3.8) is 0 Å². The van der Waals surface area contributed by atoms with Crippen LogP contribution in [0.1, 0.15) is 24.7 Å². The predicted octanol–water partition coefficient (Wildman–Crippen LogP) is 1.82. The minimum absolute atomic E-state index is 0.0355. The number of urea groups is 1. The van der Waals surface area contributed by atoms with Crippen molar-refractivity contribution < 1.29 is 14.4 Å². The van der Waals surface area contributed by atoms with Gasteiger partial charge >= 0.3 is 6.03 Å². The molecular formula is C24H25N5O4. The van der Waals surface area contributed by atoms with Crippen LogP contribution in [0.2, 0.25) is 0 Å². The molecule has 1 fully saturated rings. The number of H-pyrrole nitrogens is 1. The molecule has 0 radical (unpaired) electrons. The largest absolute Gasteiger partial charge is 0.337 e. The van der Waals surface area contributed by atoms with E-state index in [1.807, 2.05) is 30.3 Å². The summed E-state index contributed by atoms with van der Waals surface area (Å²) in [5.74, 6) is -0.552. The first-order valence-corrected chi connectivity index (χ1v) is 10.7. The molecule has 2 N–H and O–H groups in total. The van der Waals surface area contributed by atoms with Crippen molar-refractivity contribution in [2.24, 2.45) is 0 Å². The first-order chi connectivity index (χ1) is 15.8. The molecule has 0 unspecified atom stereocenters. The van der Waals surface area contributed by atoms with Crippen LogP contribution in [0.5, 0.6) is 0 Å². The zero-order chi connectivity index (χ0) is 23.6. The van der Waals surface area contributed by atoms with Crippen molar-refractivity contribution in [1.82, 2.24) is 25.1 Å². The third kappa shape index (κ3) is 4.62. The molecule has 3 aromatic rings. The van der Waals surface area contributed by atoms with Crippen molar-refractivity contribution in [3.05, 3.63) is 76.3 Å². The summed E-state index contributed by atoms with van der Waals surface area (Å²) >= 11 is 0. The van der Waals surface area contributed by atoms with Crippen molar-refractivity contribution in [2.75, 3.05) is 13.6 Å². The Labute approximate surface area is 190 Å². The first-order valence-electron chi connectivity index (χ1n) is 10.7. The molecule has 170 valence electrons. The Balaban J connectivity index is 1.40. The second-order valence-corrected chi connectivity index (χ2v) is 8.42. The molecule has 0 aliphatic carbocycles. The molecule has 2 heterocycles. The number of fused-ring (bicyclic) bond motifs is 1. The number of carbonyl (C=O) groups excluding carboxylic acids is 3. The Bertz CT molecular complexity index is 1270. The number of rotatable bonds is 7. The van der Waals surface area contributed by atoms with Gasteiger partial charge in [-0.1, -0.05) is 42.5 Å². The van der Waals surface area contributed by atoms with E-state index in [1.54, 1.807) is 31.2 Å². The lowest BCUT2D eigenvalue weighted by atomic mass is 9.93. The van der Waals surface area contributed by atoms with Crippen molar-refractivity contribution in [2.45, 2.75) is 31.8 Å². The van der Waals surface area contributed by atoms with E-state index in [9.17, 15) is 19.2 Å². The summed E-state index contributed by atoms with van der Waals surface area (Å²) in [4.78, 5) is 59.8. The summed E-state index contributed by atoms with van der Waals surface area (Å²) in [7, 11) is 1.53. The number of benzene rings is 2. The number of imide groups is 1. The molecule has 0 spiro atoms. The number of aromatic amines is 1. The van der Waals surface area contributed by atoms with Crippen LogP contribution < -0.4 is 10.9 Å². The maximum atomic E-state index is 13.0. The molecule has 9 heteroatoms. The third-order valence-corrected chi connectivity index (χ3v) is 5.87. The van der Waals surface area contributed by atoms with Gasteiger partial charge in [-0.25, -0.2) is 9.78 Å². The predicted molar refractivity (Wildman–Crippen MR) is 122 cm³/mol. The number of aromatic nitrogens is 2. The smallest absolute Gasteiger partial charge is 0.325 e. The van der Waals surface area contributed by atoms with Gasteiger partial charge in [0, 0.05) is 7.05 Å². The summed E-state index contributed by atoms with van der Waals surface area (Å²) in [6.07, 6.45) is 1.04. The maximum Gasteiger partial charge on any atom is 0.325 e. The van der Waals surface area contributed by atoms with Crippen LogP contribution in [-0.4, -0.2) is 56.7 Å². The van der Waals surface area contributed by atoms with Crippen LogP contribution in [0, 0.1) is 0 Å². The number of nitrogens with zero attached hydrogens (tertiary/aromatic N) is 3. The summed E-state index contributed by atoms with van der Waals surface area (Å²) in [6, 6.07) is 16.0. The molecule has 1 aliphatic rings. The highest BCUT2D eigenvalue weighted by molar-refractivity contribution is 6.08. The number of carbonyl (C=O) groups is 3. The fourth-order valence-corrected chi connectivity index (χ4v) is 3.88. The van der Waals surface area contributed by atoms with Crippen LogP contribution in [0.15, 0.2) is 59.4 Å². The summed E-state index contributed by atoms with van der Waals surface area (Å²) in [6.45, 7) is 1.32. The highest BCUT2D eigenvalue weighted by Gasteiger charge is 2.48. The number of likely N-dealkylation sites (N-methyl/N-ethyl adjacent to an activating group) is 1. The molecule has 1 saturated heterocycles.